The molecule has 0 aliphatic carbocycles. The number of amides is 2. The van der Waals surface area contributed by atoms with Crippen molar-refractivity contribution in [2.24, 2.45) is 0 Å². The minimum absolute atomic E-state index is 0.119. The molecule has 6 heteroatoms. The number of rotatable bonds is 5. The molecular weight excluding hydrogens is 452 g/mol. The third-order valence-corrected chi connectivity index (χ3v) is 5.05. The molecular formula is C23H18BrClN2O2. The molecule has 2 amide bonds. The van der Waals surface area contributed by atoms with Gasteiger partial charge in [-0.2, -0.15) is 0 Å². The average molecular weight is 470 g/mol. The molecule has 0 aromatic heterocycles. The molecule has 0 radical (unpaired) electrons. The van der Waals surface area contributed by atoms with Crippen LogP contribution >= 0.6 is 27.5 Å². The number of halogens is 2. The summed E-state index contributed by atoms with van der Waals surface area (Å²) in [6, 6.07) is 21.4. The molecule has 3 rings (SSSR count). The molecule has 0 unspecified atom stereocenters. The van der Waals surface area contributed by atoms with Crippen LogP contribution in [0, 0.1) is 6.92 Å². The molecule has 0 heterocycles. The van der Waals surface area contributed by atoms with Crippen LogP contribution in [-0.4, -0.2) is 11.8 Å². The Balaban J connectivity index is 1.89. The first-order valence-electron chi connectivity index (χ1n) is 8.83. The van der Waals surface area contributed by atoms with E-state index in [1.807, 2.05) is 37.3 Å². The van der Waals surface area contributed by atoms with Gasteiger partial charge in [0.2, 0.25) is 0 Å². The summed E-state index contributed by atoms with van der Waals surface area (Å²) < 4.78 is 0.641. The van der Waals surface area contributed by atoms with Crippen LogP contribution in [0.1, 0.15) is 21.5 Å². The van der Waals surface area contributed by atoms with Crippen molar-refractivity contribution < 1.29 is 9.59 Å². The number of carbonyl (C=O) groups excluding carboxylic acids is 2. The van der Waals surface area contributed by atoms with E-state index in [1.54, 1.807) is 48.5 Å². The zero-order valence-corrected chi connectivity index (χ0v) is 17.9. The Kier molecular flexibility index (Phi) is 6.86. The molecule has 0 saturated heterocycles. The van der Waals surface area contributed by atoms with Gasteiger partial charge in [0.25, 0.3) is 11.8 Å². The standard InChI is InChI=1S/C23H18BrClN2O2/c1-15-6-12-18(13-7-15)26-23(29)21(14-16-8-10-17(25)11-9-16)27-22(28)19-4-2-3-5-20(19)24/h2-14H,1H3,(H,26,29)(H,27,28). The van der Waals surface area contributed by atoms with Gasteiger partial charge < -0.3 is 10.6 Å². The molecule has 3 aromatic carbocycles. The highest BCUT2D eigenvalue weighted by atomic mass is 79.9. The quantitative estimate of drug-likeness (QED) is 0.463. The SMILES string of the molecule is Cc1ccc(NC(=O)C(=Cc2ccc(Cl)cc2)NC(=O)c2ccccc2Br)cc1. The second-order valence-corrected chi connectivity index (χ2v) is 7.65. The maximum atomic E-state index is 12.9. The van der Waals surface area contributed by atoms with Gasteiger partial charge in [0, 0.05) is 15.2 Å². The lowest BCUT2D eigenvalue weighted by Gasteiger charge is -2.12. The van der Waals surface area contributed by atoms with E-state index in [2.05, 4.69) is 26.6 Å². The van der Waals surface area contributed by atoms with E-state index >= 15 is 0 Å². The zero-order valence-electron chi connectivity index (χ0n) is 15.6. The molecule has 0 aliphatic heterocycles. The van der Waals surface area contributed by atoms with Gasteiger partial charge in [-0.05, 0) is 70.9 Å². The number of aryl methyl sites for hydroxylation is 1. The summed E-state index contributed by atoms with van der Waals surface area (Å²) in [6.45, 7) is 1.97. The summed E-state index contributed by atoms with van der Waals surface area (Å²) in [5.74, 6) is -0.819. The first-order valence-corrected chi connectivity index (χ1v) is 10.0. The fourth-order valence-corrected chi connectivity index (χ4v) is 3.15. The Labute approximate surface area is 182 Å². The molecule has 146 valence electrons. The van der Waals surface area contributed by atoms with Crippen LogP contribution in [0.15, 0.2) is 83.0 Å². The van der Waals surface area contributed by atoms with Crippen LogP contribution < -0.4 is 10.6 Å². The first kappa shape index (κ1) is 20.8. The molecule has 4 nitrogen and oxygen atoms in total. The summed E-state index contributed by atoms with van der Waals surface area (Å²) in [6.07, 6.45) is 1.61. The third kappa shape index (κ3) is 5.79. The molecule has 0 saturated carbocycles. The van der Waals surface area contributed by atoms with Crippen LogP contribution in [0.3, 0.4) is 0 Å². The molecule has 0 aliphatic rings. The number of benzene rings is 3. The summed E-state index contributed by atoms with van der Waals surface area (Å²) >= 11 is 9.30. The summed E-state index contributed by atoms with van der Waals surface area (Å²) in [5, 5.41) is 6.12. The maximum absolute atomic E-state index is 12.9. The minimum atomic E-state index is -0.427. The van der Waals surface area contributed by atoms with Crippen molar-refractivity contribution >= 4 is 51.1 Å². The number of hydrogen-bond acceptors (Lipinski definition) is 2. The summed E-state index contributed by atoms with van der Waals surface area (Å²) in [7, 11) is 0. The molecule has 3 aromatic rings. The van der Waals surface area contributed by atoms with Gasteiger partial charge in [-0.3, -0.25) is 9.59 Å². The third-order valence-electron chi connectivity index (χ3n) is 4.10. The van der Waals surface area contributed by atoms with Gasteiger partial charge in [0.1, 0.15) is 5.70 Å². The summed E-state index contributed by atoms with van der Waals surface area (Å²) in [4.78, 5) is 25.6. The lowest BCUT2D eigenvalue weighted by molar-refractivity contribution is -0.113. The van der Waals surface area contributed by atoms with E-state index in [0.717, 1.165) is 11.1 Å². The van der Waals surface area contributed by atoms with E-state index in [1.165, 1.54) is 0 Å². The second kappa shape index (κ2) is 9.54. The fourth-order valence-electron chi connectivity index (χ4n) is 2.55. The second-order valence-electron chi connectivity index (χ2n) is 6.36. The number of hydrogen-bond donors (Lipinski definition) is 2. The van der Waals surface area contributed by atoms with Crippen LogP contribution in [0.25, 0.3) is 6.08 Å². The number of anilines is 1. The minimum Gasteiger partial charge on any atom is -0.321 e. The molecule has 2 N–H and O–H groups in total. The van der Waals surface area contributed by atoms with Crippen molar-refractivity contribution in [1.82, 2.24) is 5.32 Å². The van der Waals surface area contributed by atoms with Gasteiger partial charge in [-0.1, -0.05) is 53.6 Å². The van der Waals surface area contributed by atoms with E-state index < -0.39 is 11.8 Å². The van der Waals surface area contributed by atoms with Crippen molar-refractivity contribution in [3.8, 4) is 0 Å². The van der Waals surface area contributed by atoms with Crippen molar-refractivity contribution in [3.05, 3.63) is 105 Å². The van der Waals surface area contributed by atoms with Gasteiger partial charge in [-0.15, -0.1) is 0 Å². The maximum Gasteiger partial charge on any atom is 0.272 e. The molecule has 0 fully saturated rings. The fraction of sp³-hybridized carbons (Fsp3) is 0.0435. The van der Waals surface area contributed by atoms with E-state index in [0.29, 0.717) is 20.7 Å². The predicted molar refractivity (Wildman–Crippen MR) is 121 cm³/mol. The van der Waals surface area contributed by atoms with Crippen molar-refractivity contribution in [3.63, 3.8) is 0 Å². The zero-order chi connectivity index (χ0) is 20.8. The van der Waals surface area contributed by atoms with Crippen LogP contribution in [0.5, 0.6) is 0 Å². The molecule has 0 atom stereocenters. The lowest BCUT2D eigenvalue weighted by atomic mass is 10.1. The Hall–Kier alpha value is -2.89. The van der Waals surface area contributed by atoms with Gasteiger partial charge in [0.05, 0.1) is 5.56 Å². The highest BCUT2D eigenvalue weighted by Crippen LogP contribution is 2.18. The molecule has 29 heavy (non-hydrogen) atoms. The lowest BCUT2D eigenvalue weighted by Crippen LogP contribution is -2.31. The van der Waals surface area contributed by atoms with Crippen LogP contribution in [0.2, 0.25) is 5.02 Å². The Morgan fingerprint density at radius 3 is 2.24 bits per heavy atom. The largest absolute Gasteiger partial charge is 0.321 e. The number of nitrogens with one attached hydrogen (secondary N) is 2. The van der Waals surface area contributed by atoms with E-state index in [4.69, 9.17) is 11.6 Å². The Morgan fingerprint density at radius 1 is 0.931 bits per heavy atom. The average Bonchev–Trinajstić information content (AvgIpc) is 2.71. The topological polar surface area (TPSA) is 58.2 Å². The van der Waals surface area contributed by atoms with Gasteiger partial charge in [0.15, 0.2) is 0 Å². The Morgan fingerprint density at radius 2 is 1.59 bits per heavy atom. The first-order chi connectivity index (χ1) is 13.9. The van der Waals surface area contributed by atoms with Crippen molar-refractivity contribution in [2.45, 2.75) is 6.92 Å². The Bertz CT molecular complexity index is 1060. The smallest absolute Gasteiger partial charge is 0.272 e. The normalized spacial score (nSPS) is 11.1. The predicted octanol–water partition coefficient (Wildman–Crippen LogP) is 5.82. The van der Waals surface area contributed by atoms with Crippen LogP contribution in [-0.2, 0) is 4.79 Å². The van der Waals surface area contributed by atoms with E-state index in [-0.39, 0.29) is 5.70 Å². The highest BCUT2D eigenvalue weighted by molar-refractivity contribution is 9.10. The summed E-state index contributed by atoms with van der Waals surface area (Å²) in [5.41, 5.74) is 3.00. The van der Waals surface area contributed by atoms with Crippen LogP contribution in [0.4, 0.5) is 5.69 Å². The van der Waals surface area contributed by atoms with Gasteiger partial charge >= 0.3 is 0 Å². The van der Waals surface area contributed by atoms with Crippen molar-refractivity contribution in [1.29, 1.82) is 0 Å². The monoisotopic (exact) mass is 468 g/mol. The molecule has 0 bridgehead atoms. The van der Waals surface area contributed by atoms with Crippen molar-refractivity contribution in [2.75, 3.05) is 5.32 Å². The highest BCUT2D eigenvalue weighted by Gasteiger charge is 2.16. The van der Waals surface area contributed by atoms with Gasteiger partial charge in [-0.25, -0.2) is 0 Å². The number of carbonyl (C=O) groups is 2. The van der Waals surface area contributed by atoms with E-state index in [9.17, 15) is 9.59 Å². The molecule has 0 spiro atoms.